The minimum Gasteiger partial charge on any atom is -0.376 e. The van der Waals surface area contributed by atoms with E-state index in [1.807, 2.05) is 6.08 Å². The van der Waals surface area contributed by atoms with Crippen LogP contribution < -0.4 is 5.32 Å². The van der Waals surface area contributed by atoms with Crippen LogP contribution in [0.2, 0.25) is 0 Å². The van der Waals surface area contributed by atoms with Gasteiger partial charge in [-0.2, -0.15) is 0 Å². The lowest BCUT2D eigenvalue weighted by atomic mass is 10.0. The lowest BCUT2D eigenvalue weighted by molar-refractivity contribution is -0.118. The number of nitrogens with zero attached hydrogens (tertiary/aromatic N) is 4. The summed E-state index contributed by atoms with van der Waals surface area (Å²) in [6.45, 7) is 12.8. The van der Waals surface area contributed by atoms with Crippen LogP contribution in [0.3, 0.4) is 0 Å². The van der Waals surface area contributed by atoms with Gasteiger partial charge in [0.1, 0.15) is 11.5 Å². The van der Waals surface area contributed by atoms with Crippen LogP contribution in [-0.4, -0.2) is 97.1 Å². The first-order valence-corrected chi connectivity index (χ1v) is 12.5. The van der Waals surface area contributed by atoms with Crippen molar-refractivity contribution in [2.45, 2.75) is 77.0 Å². The molecule has 0 aromatic rings. The van der Waals surface area contributed by atoms with Crippen LogP contribution in [0, 0.1) is 0 Å². The molecule has 0 aliphatic carbocycles. The number of allylic oxidation sites excluding steroid dienone is 1. The lowest BCUT2D eigenvalue weighted by Crippen LogP contribution is -2.48. The fourth-order valence-corrected chi connectivity index (χ4v) is 5.38. The maximum Gasteiger partial charge on any atom is 0.269 e. The van der Waals surface area contributed by atoms with Crippen molar-refractivity contribution in [3.63, 3.8) is 0 Å². The molecule has 1 N–H and O–H groups in total. The van der Waals surface area contributed by atoms with E-state index >= 15 is 0 Å². The molecule has 4 aliphatic heterocycles. The third-order valence-electron chi connectivity index (χ3n) is 7.34. The number of aliphatic imine (C=N–C) groups is 1. The second-order valence-corrected chi connectivity index (χ2v) is 9.74. The Balaban J connectivity index is 1.27. The fourth-order valence-electron chi connectivity index (χ4n) is 5.38. The second-order valence-electron chi connectivity index (χ2n) is 9.74. The summed E-state index contributed by atoms with van der Waals surface area (Å²) in [5, 5.41) is 3.02. The van der Waals surface area contributed by atoms with Crippen LogP contribution in [0.4, 0.5) is 0 Å². The quantitative estimate of drug-likeness (QED) is 0.723. The van der Waals surface area contributed by atoms with Crippen molar-refractivity contribution in [1.29, 1.82) is 0 Å². The molecular formula is C24H41N5O2. The molecule has 3 fully saturated rings. The maximum atomic E-state index is 12.6. The molecule has 3 saturated heterocycles. The summed E-state index contributed by atoms with van der Waals surface area (Å²) in [5.41, 5.74) is 0.585. The lowest BCUT2D eigenvalue weighted by Gasteiger charge is -2.39. The van der Waals surface area contributed by atoms with Gasteiger partial charge in [0.2, 0.25) is 0 Å². The molecule has 0 bridgehead atoms. The Morgan fingerprint density at radius 3 is 2.71 bits per heavy atom. The van der Waals surface area contributed by atoms with E-state index in [1.165, 1.54) is 38.9 Å². The summed E-state index contributed by atoms with van der Waals surface area (Å²) in [4.78, 5) is 25.2. The number of carbonyl (C=O) groups is 1. The molecule has 4 heterocycles. The number of ether oxygens (including phenoxy) is 1. The smallest absolute Gasteiger partial charge is 0.269 e. The van der Waals surface area contributed by atoms with E-state index in [0.717, 1.165) is 63.8 Å². The van der Waals surface area contributed by atoms with E-state index in [0.29, 0.717) is 18.3 Å². The zero-order valence-corrected chi connectivity index (χ0v) is 19.5. The Kier molecular flexibility index (Phi) is 8.02. The first-order chi connectivity index (χ1) is 15.1. The van der Waals surface area contributed by atoms with Gasteiger partial charge in [0, 0.05) is 57.8 Å². The van der Waals surface area contributed by atoms with Gasteiger partial charge in [-0.15, -0.1) is 0 Å². The Morgan fingerprint density at radius 1 is 1.13 bits per heavy atom. The highest BCUT2D eigenvalue weighted by Crippen LogP contribution is 2.21. The van der Waals surface area contributed by atoms with Gasteiger partial charge >= 0.3 is 0 Å². The van der Waals surface area contributed by atoms with Gasteiger partial charge in [0.05, 0.1) is 6.10 Å². The van der Waals surface area contributed by atoms with Crippen LogP contribution in [-0.2, 0) is 9.53 Å². The van der Waals surface area contributed by atoms with Gasteiger partial charge in [-0.05, 0) is 65.5 Å². The Bertz CT molecular complexity index is 663. The third-order valence-corrected chi connectivity index (χ3v) is 7.34. The van der Waals surface area contributed by atoms with Crippen LogP contribution in [0.1, 0.15) is 58.8 Å². The minimum absolute atomic E-state index is 0.0546. The Morgan fingerprint density at radius 2 is 1.97 bits per heavy atom. The molecule has 0 aromatic heterocycles. The molecule has 7 nitrogen and oxygen atoms in total. The Hall–Kier alpha value is -1.44. The van der Waals surface area contributed by atoms with E-state index in [4.69, 9.17) is 9.73 Å². The fraction of sp³-hybridized carbons (Fsp3) is 0.833. The van der Waals surface area contributed by atoms with Gasteiger partial charge in [0.15, 0.2) is 0 Å². The van der Waals surface area contributed by atoms with Crippen molar-refractivity contribution >= 4 is 11.7 Å². The molecule has 0 spiro atoms. The molecule has 1 amide bonds. The van der Waals surface area contributed by atoms with Crippen molar-refractivity contribution in [1.82, 2.24) is 20.0 Å². The van der Waals surface area contributed by atoms with Gasteiger partial charge in [-0.3, -0.25) is 9.69 Å². The first kappa shape index (κ1) is 22.7. The van der Waals surface area contributed by atoms with E-state index in [2.05, 4.69) is 33.9 Å². The predicted molar refractivity (Wildman–Crippen MR) is 124 cm³/mol. The highest BCUT2D eigenvalue weighted by Gasteiger charge is 2.28. The second kappa shape index (κ2) is 10.9. The number of nitrogens with one attached hydrogen (secondary N) is 1. The van der Waals surface area contributed by atoms with Crippen molar-refractivity contribution in [2.75, 3.05) is 52.4 Å². The number of amides is 1. The maximum absolute atomic E-state index is 12.6. The summed E-state index contributed by atoms with van der Waals surface area (Å²) in [7, 11) is 0. The molecule has 31 heavy (non-hydrogen) atoms. The molecule has 4 aliphatic rings. The number of hydrogen-bond acceptors (Lipinski definition) is 6. The number of piperidine rings is 1. The molecule has 4 rings (SSSR count). The third kappa shape index (κ3) is 6.08. The van der Waals surface area contributed by atoms with Crippen molar-refractivity contribution in [2.24, 2.45) is 4.99 Å². The molecule has 1 atom stereocenters. The summed E-state index contributed by atoms with van der Waals surface area (Å²) in [5.74, 6) is 1.04. The number of hydrogen-bond donors (Lipinski definition) is 1. The largest absolute Gasteiger partial charge is 0.376 e. The highest BCUT2D eigenvalue weighted by molar-refractivity contribution is 5.98. The summed E-state index contributed by atoms with van der Waals surface area (Å²) in [6.07, 6.45) is 9.87. The highest BCUT2D eigenvalue weighted by atomic mass is 16.5. The van der Waals surface area contributed by atoms with E-state index in [1.54, 1.807) is 0 Å². The van der Waals surface area contributed by atoms with Gasteiger partial charge < -0.3 is 19.9 Å². The normalized spacial score (nSPS) is 27.2. The zero-order valence-electron chi connectivity index (χ0n) is 19.5. The van der Waals surface area contributed by atoms with E-state index in [-0.39, 0.29) is 12.0 Å². The monoisotopic (exact) mass is 431 g/mol. The van der Waals surface area contributed by atoms with Crippen LogP contribution in [0.5, 0.6) is 0 Å². The first-order valence-electron chi connectivity index (χ1n) is 12.5. The summed E-state index contributed by atoms with van der Waals surface area (Å²) < 4.78 is 5.61. The van der Waals surface area contributed by atoms with Gasteiger partial charge in [-0.25, -0.2) is 4.99 Å². The summed E-state index contributed by atoms with van der Waals surface area (Å²) in [6, 6.07) is 1.39. The number of amidine groups is 1. The van der Waals surface area contributed by atoms with Crippen LogP contribution >= 0.6 is 0 Å². The van der Waals surface area contributed by atoms with E-state index < -0.39 is 0 Å². The predicted octanol–water partition coefficient (Wildman–Crippen LogP) is 2.24. The van der Waals surface area contributed by atoms with E-state index in [9.17, 15) is 4.79 Å². The number of likely N-dealkylation sites (tertiary alicyclic amines) is 1. The van der Waals surface area contributed by atoms with Crippen LogP contribution in [0.15, 0.2) is 16.8 Å². The molecular weight excluding hydrogens is 390 g/mol. The standard InChI is InChI=1S/C24H41N5O2/c1-19(2)27-13-9-20(10-14-27)28-11-5-12-29(16-15-28)23-8-3-7-22(26-23)24(30)25-18-21-6-4-17-31-21/h7,19-21H,3-6,8-18H2,1-2H3,(H,25,30). The average molecular weight is 432 g/mol. The summed E-state index contributed by atoms with van der Waals surface area (Å²) >= 11 is 0. The Labute approximate surface area is 187 Å². The molecule has 1 unspecified atom stereocenters. The molecule has 0 saturated carbocycles. The van der Waals surface area contributed by atoms with Gasteiger partial charge in [-0.1, -0.05) is 6.08 Å². The zero-order chi connectivity index (χ0) is 21.6. The SMILES string of the molecule is CC(C)N1CCC(N2CCCN(C3=NC(C(=O)NCC4CCCO4)=CCC3)CC2)CC1. The molecule has 174 valence electrons. The van der Waals surface area contributed by atoms with Crippen LogP contribution in [0.25, 0.3) is 0 Å². The van der Waals surface area contributed by atoms with Crippen molar-refractivity contribution in [3.8, 4) is 0 Å². The number of rotatable bonds is 5. The average Bonchev–Trinajstić information content (AvgIpc) is 3.20. The minimum atomic E-state index is -0.0546. The van der Waals surface area contributed by atoms with Crippen molar-refractivity contribution < 1.29 is 9.53 Å². The van der Waals surface area contributed by atoms with Crippen molar-refractivity contribution in [3.05, 3.63) is 11.8 Å². The molecule has 7 heteroatoms. The topological polar surface area (TPSA) is 60.4 Å². The number of carbonyl (C=O) groups excluding carboxylic acids is 1. The molecule has 0 radical (unpaired) electrons. The molecule has 0 aromatic carbocycles. The van der Waals surface area contributed by atoms with Gasteiger partial charge in [0.25, 0.3) is 5.91 Å².